The predicted molar refractivity (Wildman–Crippen MR) is 68.5 cm³/mol. The number of hydrogen-bond donors (Lipinski definition) is 2. The van der Waals surface area contributed by atoms with Gasteiger partial charge in [-0.25, -0.2) is 0 Å². The first-order chi connectivity index (χ1) is 8.73. The number of nitrogens with one attached hydrogen (secondary N) is 1. The van der Waals surface area contributed by atoms with Gasteiger partial charge in [-0.05, 0) is 57.5 Å². The summed E-state index contributed by atoms with van der Waals surface area (Å²) in [5.41, 5.74) is -0.456. The lowest BCUT2D eigenvalue weighted by Gasteiger charge is -2.49. The van der Waals surface area contributed by atoms with Crippen molar-refractivity contribution in [1.29, 1.82) is 0 Å². The zero-order valence-electron chi connectivity index (χ0n) is 11.1. The van der Waals surface area contributed by atoms with E-state index in [0.29, 0.717) is 5.92 Å². The van der Waals surface area contributed by atoms with Crippen molar-refractivity contribution in [3.8, 4) is 0 Å². The third kappa shape index (κ3) is 2.44. The highest BCUT2D eigenvalue weighted by molar-refractivity contribution is 4.98. The highest BCUT2D eigenvalue weighted by Crippen LogP contribution is 2.43. The second-order valence-electron chi connectivity index (χ2n) is 6.19. The monoisotopic (exact) mass is 255 g/mol. The number of piperidine rings is 1. The van der Waals surface area contributed by atoms with Crippen molar-refractivity contribution in [3.63, 3.8) is 0 Å². The van der Waals surface area contributed by atoms with E-state index in [9.17, 15) is 5.11 Å². The van der Waals surface area contributed by atoms with Crippen LogP contribution in [0, 0.1) is 5.92 Å². The molecule has 104 valence electrons. The molecule has 0 aromatic heterocycles. The van der Waals surface area contributed by atoms with Crippen LogP contribution < -0.4 is 5.32 Å². The van der Waals surface area contributed by atoms with Gasteiger partial charge >= 0.3 is 0 Å². The van der Waals surface area contributed by atoms with Crippen molar-refractivity contribution in [1.82, 2.24) is 5.32 Å². The molecule has 4 heteroatoms. The van der Waals surface area contributed by atoms with Crippen molar-refractivity contribution in [2.45, 2.75) is 49.7 Å². The van der Waals surface area contributed by atoms with E-state index in [0.717, 1.165) is 71.4 Å². The first-order valence-electron chi connectivity index (χ1n) is 7.37. The van der Waals surface area contributed by atoms with Crippen LogP contribution in [0.4, 0.5) is 0 Å². The first kappa shape index (κ1) is 12.9. The molecule has 3 rings (SSSR count). The molecule has 4 nitrogen and oxygen atoms in total. The Balaban J connectivity index is 1.69. The fourth-order valence-electron chi connectivity index (χ4n) is 3.85. The smallest absolute Gasteiger partial charge is 0.0730 e. The van der Waals surface area contributed by atoms with Gasteiger partial charge < -0.3 is 19.9 Å². The molecular weight excluding hydrogens is 230 g/mol. The number of ether oxygens (including phenoxy) is 2. The van der Waals surface area contributed by atoms with Crippen molar-refractivity contribution in [2.75, 3.05) is 32.9 Å². The molecule has 0 saturated carbocycles. The van der Waals surface area contributed by atoms with Gasteiger partial charge in [0.15, 0.2) is 0 Å². The summed E-state index contributed by atoms with van der Waals surface area (Å²) in [7, 11) is 0. The second-order valence-corrected chi connectivity index (χ2v) is 6.19. The lowest BCUT2D eigenvalue weighted by atomic mass is 9.70. The molecule has 0 amide bonds. The zero-order chi connectivity index (χ0) is 12.5. The number of hydrogen-bond acceptors (Lipinski definition) is 4. The Bertz CT molecular complexity index is 264. The van der Waals surface area contributed by atoms with Crippen LogP contribution >= 0.6 is 0 Å². The van der Waals surface area contributed by atoms with Crippen LogP contribution in [0.1, 0.15) is 38.5 Å². The van der Waals surface area contributed by atoms with E-state index >= 15 is 0 Å². The Kier molecular flexibility index (Phi) is 3.63. The Morgan fingerprint density at radius 1 is 1.00 bits per heavy atom. The minimum atomic E-state index is -0.458. The average molecular weight is 255 g/mol. The maximum Gasteiger partial charge on any atom is 0.0730 e. The molecule has 0 aromatic carbocycles. The summed E-state index contributed by atoms with van der Waals surface area (Å²) in [5.74, 6) is 0.409. The molecule has 3 saturated heterocycles. The van der Waals surface area contributed by atoms with E-state index < -0.39 is 5.60 Å². The highest BCUT2D eigenvalue weighted by Gasteiger charge is 2.46. The van der Waals surface area contributed by atoms with Crippen molar-refractivity contribution in [2.24, 2.45) is 5.92 Å². The van der Waals surface area contributed by atoms with Crippen molar-refractivity contribution < 1.29 is 14.6 Å². The molecular formula is C14H25NO3. The standard InChI is InChI=1S/C14H25NO3/c16-14(2-6-15-7-3-14)12-1-8-18-13(11-12)4-9-17-10-5-13/h12,15-16H,1-11H2. The van der Waals surface area contributed by atoms with E-state index in [1.807, 2.05) is 0 Å². The average Bonchev–Trinajstić information content (AvgIpc) is 2.41. The Labute approximate surface area is 109 Å². The molecule has 3 aliphatic heterocycles. The molecule has 0 aromatic rings. The second kappa shape index (κ2) is 5.08. The van der Waals surface area contributed by atoms with Gasteiger partial charge in [0.25, 0.3) is 0 Å². The van der Waals surface area contributed by atoms with Crippen molar-refractivity contribution >= 4 is 0 Å². The fourth-order valence-corrected chi connectivity index (χ4v) is 3.85. The van der Waals surface area contributed by atoms with E-state index in [1.54, 1.807) is 0 Å². The molecule has 0 radical (unpaired) electrons. The van der Waals surface area contributed by atoms with Gasteiger partial charge in [0.05, 0.1) is 11.2 Å². The normalized spacial score (nSPS) is 35.5. The van der Waals surface area contributed by atoms with Crippen LogP contribution in [0.2, 0.25) is 0 Å². The topological polar surface area (TPSA) is 50.7 Å². The molecule has 18 heavy (non-hydrogen) atoms. The molecule has 3 aliphatic rings. The summed E-state index contributed by atoms with van der Waals surface area (Å²) in [6.07, 6.45) is 5.82. The predicted octanol–water partition coefficient (Wildman–Crippen LogP) is 1.08. The van der Waals surface area contributed by atoms with Crippen LogP contribution in [0.25, 0.3) is 0 Å². The quantitative estimate of drug-likeness (QED) is 0.736. The molecule has 3 fully saturated rings. The third-order valence-corrected chi connectivity index (χ3v) is 5.13. The molecule has 0 bridgehead atoms. The largest absolute Gasteiger partial charge is 0.389 e. The van der Waals surface area contributed by atoms with Gasteiger partial charge in [-0.2, -0.15) is 0 Å². The first-order valence-corrected chi connectivity index (χ1v) is 7.37. The Morgan fingerprint density at radius 3 is 2.44 bits per heavy atom. The SMILES string of the molecule is OC1(C2CCOC3(CCOCC3)C2)CCNCC1. The summed E-state index contributed by atoms with van der Waals surface area (Å²) >= 11 is 0. The summed E-state index contributed by atoms with van der Waals surface area (Å²) in [5, 5.41) is 14.2. The molecule has 2 N–H and O–H groups in total. The van der Waals surface area contributed by atoms with Gasteiger partial charge in [0.2, 0.25) is 0 Å². The summed E-state index contributed by atoms with van der Waals surface area (Å²) in [6, 6.07) is 0. The maximum absolute atomic E-state index is 10.9. The zero-order valence-corrected chi connectivity index (χ0v) is 11.1. The van der Waals surface area contributed by atoms with E-state index in [-0.39, 0.29) is 5.60 Å². The summed E-state index contributed by atoms with van der Waals surface area (Å²) in [6.45, 7) is 4.33. The van der Waals surface area contributed by atoms with Crippen LogP contribution in [0.5, 0.6) is 0 Å². The van der Waals surface area contributed by atoms with Gasteiger partial charge in [0.1, 0.15) is 0 Å². The summed E-state index contributed by atoms with van der Waals surface area (Å²) in [4.78, 5) is 0. The Hall–Kier alpha value is -0.160. The van der Waals surface area contributed by atoms with Gasteiger partial charge in [0, 0.05) is 19.8 Å². The van der Waals surface area contributed by atoms with Gasteiger partial charge in [-0.15, -0.1) is 0 Å². The van der Waals surface area contributed by atoms with Gasteiger partial charge in [-0.1, -0.05) is 0 Å². The fraction of sp³-hybridized carbons (Fsp3) is 1.00. The van der Waals surface area contributed by atoms with E-state index in [1.165, 1.54) is 0 Å². The van der Waals surface area contributed by atoms with Crippen LogP contribution in [0.3, 0.4) is 0 Å². The van der Waals surface area contributed by atoms with E-state index in [2.05, 4.69) is 5.32 Å². The maximum atomic E-state index is 10.9. The highest BCUT2D eigenvalue weighted by atomic mass is 16.5. The number of rotatable bonds is 1. The number of aliphatic hydroxyl groups is 1. The molecule has 1 unspecified atom stereocenters. The molecule has 0 aliphatic carbocycles. The minimum Gasteiger partial charge on any atom is -0.389 e. The van der Waals surface area contributed by atoms with Crippen LogP contribution in [-0.4, -0.2) is 49.2 Å². The lowest BCUT2D eigenvalue weighted by molar-refractivity contribution is -0.179. The van der Waals surface area contributed by atoms with Crippen molar-refractivity contribution in [3.05, 3.63) is 0 Å². The van der Waals surface area contributed by atoms with E-state index in [4.69, 9.17) is 9.47 Å². The molecule has 3 heterocycles. The lowest BCUT2D eigenvalue weighted by Crippen LogP contribution is -2.54. The van der Waals surface area contributed by atoms with Crippen LogP contribution in [-0.2, 0) is 9.47 Å². The summed E-state index contributed by atoms with van der Waals surface area (Å²) < 4.78 is 11.5. The minimum absolute atomic E-state index is 0.00176. The Morgan fingerprint density at radius 2 is 1.72 bits per heavy atom. The van der Waals surface area contributed by atoms with Crippen LogP contribution in [0.15, 0.2) is 0 Å². The third-order valence-electron chi connectivity index (χ3n) is 5.13. The van der Waals surface area contributed by atoms with Gasteiger partial charge in [-0.3, -0.25) is 0 Å². The molecule has 1 spiro atoms. The molecule has 1 atom stereocenters.